The first kappa shape index (κ1) is 24.3. The molecule has 0 aliphatic carbocycles. The monoisotopic (exact) mass is 459 g/mol. The van der Waals surface area contributed by atoms with Gasteiger partial charge in [-0.1, -0.05) is 42.5 Å². The molecule has 34 heavy (non-hydrogen) atoms. The van der Waals surface area contributed by atoms with Crippen LogP contribution < -0.4 is 10.1 Å². The number of hydrogen-bond acceptors (Lipinski definition) is 5. The second-order valence-electron chi connectivity index (χ2n) is 7.49. The number of ketones is 1. The molecule has 0 radical (unpaired) electrons. The summed E-state index contributed by atoms with van der Waals surface area (Å²) in [4.78, 5) is 36.5. The van der Waals surface area contributed by atoms with Crippen molar-refractivity contribution in [2.75, 3.05) is 12.4 Å². The van der Waals surface area contributed by atoms with Crippen LogP contribution in [0.15, 0.2) is 79.4 Å². The summed E-state index contributed by atoms with van der Waals surface area (Å²) in [6.07, 6.45) is 1.25. The number of anilines is 1. The van der Waals surface area contributed by atoms with Crippen LogP contribution in [0.25, 0.3) is 0 Å². The van der Waals surface area contributed by atoms with Gasteiger partial charge in [-0.05, 0) is 53.4 Å². The maximum atomic E-state index is 13.2. The van der Waals surface area contributed by atoms with Gasteiger partial charge in [-0.25, -0.2) is 4.79 Å². The van der Waals surface area contributed by atoms with Gasteiger partial charge >= 0.3 is 12.1 Å². The zero-order valence-corrected chi connectivity index (χ0v) is 18.7. The average Bonchev–Trinajstić information content (AvgIpc) is 2.83. The normalized spacial score (nSPS) is 10.3. The molecule has 174 valence electrons. The molecule has 0 aromatic heterocycles. The summed E-state index contributed by atoms with van der Waals surface area (Å²) in [5.41, 5.74) is 3.13. The number of carbonyl (C=O) groups excluding carboxylic acids is 2. The summed E-state index contributed by atoms with van der Waals surface area (Å²) in [5.74, 6) is -0.943. The Balaban J connectivity index is 1.76. The Morgan fingerprint density at radius 1 is 1.00 bits per heavy atom. The lowest BCUT2D eigenvalue weighted by Gasteiger charge is -2.15. The molecular formula is C27H25NO6. The zero-order chi connectivity index (χ0) is 24.5. The van der Waals surface area contributed by atoms with E-state index in [1.807, 2.05) is 30.3 Å². The van der Waals surface area contributed by atoms with Crippen LogP contribution in [0, 0.1) is 0 Å². The van der Waals surface area contributed by atoms with Crippen molar-refractivity contribution in [3.05, 3.63) is 107 Å². The van der Waals surface area contributed by atoms with E-state index in [0.717, 1.165) is 5.56 Å². The van der Waals surface area contributed by atoms with Gasteiger partial charge in [0.25, 0.3) is 0 Å². The highest BCUT2D eigenvalue weighted by atomic mass is 16.5. The van der Waals surface area contributed by atoms with Crippen molar-refractivity contribution in [1.29, 1.82) is 0 Å². The highest BCUT2D eigenvalue weighted by Crippen LogP contribution is 2.29. The molecule has 0 aliphatic rings. The molecule has 3 rings (SSSR count). The van der Waals surface area contributed by atoms with Gasteiger partial charge in [0, 0.05) is 11.3 Å². The lowest BCUT2D eigenvalue weighted by atomic mass is 9.94. The standard InChI is InChI=1S/C27H25NO6/c1-3-7-21-14-19(16-24(29)30)15-23(26(21)33-2)25(31)20-10-12-22(13-11-20)28-27(32)34-17-18-8-5-4-6-9-18/h3-6,8-15H,1,7,16-17H2,2H3,(H,28,32)(H,29,30). The largest absolute Gasteiger partial charge is 0.496 e. The van der Waals surface area contributed by atoms with E-state index < -0.39 is 12.1 Å². The predicted molar refractivity (Wildman–Crippen MR) is 128 cm³/mol. The Morgan fingerprint density at radius 3 is 2.32 bits per heavy atom. The van der Waals surface area contributed by atoms with E-state index in [4.69, 9.17) is 9.47 Å². The van der Waals surface area contributed by atoms with E-state index in [1.165, 1.54) is 13.2 Å². The van der Waals surface area contributed by atoms with Gasteiger partial charge < -0.3 is 14.6 Å². The summed E-state index contributed by atoms with van der Waals surface area (Å²) in [5, 5.41) is 11.8. The Kier molecular flexibility index (Phi) is 8.18. The molecule has 0 heterocycles. The molecule has 0 bridgehead atoms. The fourth-order valence-electron chi connectivity index (χ4n) is 3.49. The van der Waals surface area contributed by atoms with Gasteiger partial charge in [-0.15, -0.1) is 6.58 Å². The van der Waals surface area contributed by atoms with Crippen molar-refractivity contribution < 1.29 is 29.0 Å². The van der Waals surface area contributed by atoms with E-state index in [0.29, 0.717) is 34.5 Å². The number of nitrogens with one attached hydrogen (secondary N) is 1. The Bertz CT molecular complexity index is 1190. The van der Waals surface area contributed by atoms with Crippen LogP contribution in [-0.4, -0.2) is 30.1 Å². The highest BCUT2D eigenvalue weighted by Gasteiger charge is 2.20. The van der Waals surface area contributed by atoms with Crippen LogP contribution in [0.5, 0.6) is 5.75 Å². The van der Waals surface area contributed by atoms with Crippen LogP contribution in [0.1, 0.15) is 32.6 Å². The van der Waals surface area contributed by atoms with Gasteiger partial charge in [-0.2, -0.15) is 0 Å². The Hall–Kier alpha value is -4.39. The van der Waals surface area contributed by atoms with Gasteiger partial charge in [0.05, 0.1) is 19.1 Å². The van der Waals surface area contributed by atoms with Crippen LogP contribution in [-0.2, 0) is 29.0 Å². The van der Waals surface area contributed by atoms with Gasteiger partial charge in [0.15, 0.2) is 5.78 Å². The molecule has 3 aromatic rings. The summed E-state index contributed by atoms with van der Waals surface area (Å²) < 4.78 is 10.7. The fourth-order valence-corrected chi connectivity index (χ4v) is 3.49. The number of benzene rings is 3. The number of aliphatic carboxylic acids is 1. The summed E-state index contributed by atoms with van der Waals surface area (Å²) >= 11 is 0. The summed E-state index contributed by atoms with van der Waals surface area (Å²) in [6, 6.07) is 18.9. The predicted octanol–water partition coefficient (Wildman–Crippen LogP) is 5.03. The quantitative estimate of drug-likeness (QED) is 0.326. The molecule has 0 aliphatic heterocycles. The molecule has 1 amide bonds. The molecular weight excluding hydrogens is 434 g/mol. The van der Waals surface area contributed by atoms with Crippen LogP contribution >= 0.6 is 0 Å². The van der Waals surface area contributed by atoms with E-state index in [-0.39, 0.29) is 24.4 Å². The number of hydrogen-bond donors (Lipinski definition) is 2. The number of carbonyl (C=O) groups is 3. The highest BCUT2D eigenvalue weighted by molar-refractivity contribution is 6.11. The second kappa shape index (κ2) is 11.5. The lowest BCUT2D eigenvalue weighted by Crippen LogP contribution is -2.14. The first-order chi connectivity index (χ1) is 16.4. The third-order valence-corrected chi connectivity index (χ3v) is 5.00. The molecule has 0 atom stereocenters. The molecule has 0 unspecified atom stereocenters. The third-order valence-electron chi connectivity index (χ3n) is 5.00. The molecule has 7 heteroatoms. The van der Waals surface area contributed by atoms with Crippen molar-refractivity contribution >= 4 is 23.5 Å². The first-order valence-corrected chi connectivity index (χ1v) is 10.6. The zero-order valence-electron chi connectivity index (χ0n) is 18.7. The third kappa shape index (κ3) is 6.32. The molecule has 0 spiro atoms. The number of ether oxygens (including phenoxy) is 2. The van der Waals surface area contributed by atoms with E-state index in [1.54, 1.807) is 36.4 Å². The van der Waals surface area contributed by atoms with Crippen molar-refractivity contribution in [3.63, 3.8) is 0 Å². The second-order valence-corrected chi connectivity index (χ2v) is 7.49. The minimum Gasteiger partial charge on any atom is -0.496 e. The number of carboxylic acids is 1. The summed E-state index contributed by atoms with van der Waals surface area (Å²) in [6.45, 7) is 3.86. The molecule has 0 fully saturated rings. The van der Waals surface area contributed by atoms with Crippen molar-refractivity contribution in [3.8, 4) is 5.75 Å². The number of methoxy groups -OCH3 is 1. The molecule has 7 nitrogen and oxygen atoms in total. The number of amides is 1. The number of rotatable bonds is 10. The number of allylic oxidation sites excluding steroid dienone is 1. The van der Waals surface area contributed by atoms with E-state index in [2.05, 4.69) is 11.9 Å². The molecule has 3 aromatic carbocycles. The van der Waals surface area contributed by atoms with Gasteiger partial charge in [0.2, 0.25) is 0 Å². The van der Waals surface area contributed by atoms with Crippen molar-refractivity contribution in [2.45, 2.75) is 19.4 Å². The molecule has 0 saturated carbocycles. The van der Waals surface area contributed by atoms with Crippen LogP contribution in [0.3, 0.4) is 0 Å². The smallest absolute Gasteiger partial charge is 0.411 e. The van der Waals surface area contributed by atoms with Crippen LogP contribution in [0.2, 0.25) is 0 Å². The maximum absolute atomic E-state index is 13.2. The topological polar surface area (TPSA) is 102 Å². The van der Waals surface area contributed by atoms with E-state index >= 15 is 0 Å². The Labute approximate surface area is 197 Å². The summed E-state index contributed by atoms with van der Waals surface area (Å²) in [7, 11) is 1.46. The average molecular weight is 459 g/mol. The fraction of sp³-hybridized carbons (Fsp3) is 0.148. The molecule has 0 saturated heterocycles. The van der Waals surface area contributed by atoms with Crippen molar-refractivity contribution in [1.82, 2.24) is 0 Å². The number of carboxylic acid groups (broad SMARTS) is 1. The minimum absolute atomic E-state index is 0.142. The minimum atomic E-state index is -0.998. The maximum Gasteiger partial charge on any atom is 0.411 e. The van der Waals surface area contributed by atoms with Gasteiger partial charge in [0.1, 0.15) is 12.4 Å². The Morgan fingerprint density at radius 2 is 1.71 bits per heavy atom. The van der Waals surface area contributed by atoms with Gasteiger partial charge in [-0.3, -0.25) is 14.9 Å². The first-order valence-electron chi connectivity index (χ1n) is 10.6. The SMILES string of the molecule is C=CCc1cc(CC(=O)O)cc(C(=O)c2ccc(NC(=O)OCc3ccccc3)cc2)c1OC. The van der Waals surface area contributed by atoms with E-state index in [9.17, 15) is 19.5 Å². The van der Waals surface area contributed by atoms with Crippen LogP contribution in [0.4, 0.5) is 10.5 Å². The molecule has 2 N–H and O–H groups in total. The van der Waals surface area contributed by atoms with Crippen molar-refractivity contribution in [2.24, 2.45) is 0 Å². The lowest BCUT2D eigenvalue weighted by molar-refractivity contribution is -0.136.